The summed E-state index contributed by atoms with van der Waals surface area (Å²) in [6.45, 7) is 0.223. The van der Waals surface area contributed by atoms with Gasteiger partial charge >= 0.3 is 23.6 Å². The normalized spacial score (nSPS) is 10.3. The van der Waals surface area contributed by atoms with E-state index in [9.17, 15) is 34.1 Å². The summed E-state index contributed by atoms with van der Waals surface area (Å²) in [6.07, 6.45) is 1.32. The van der Waals surface area contributed by atoms with Crippen molar-refractivity contribution in [2.45, 2.75) is 19.8 Å². The van der Waals surface area contributed by atoms with Gasteiger partial charge in [-0.05, 0) is 36.8 Å². The Morgan fingerprint density at radius 1 is 0.761 bits per heavy atom. The first-order valence-corrected chi connectivity index (χ1v) is 13.1. The van der Waals surface area contributed by atoms with Crippen LogP contribution >= 0.6 is 0 Å². The second kappa shape index (κ2) is 15.9. The van der Waals surface area contributed by atoms with E-state index in [0.717, 1.165) is 31.7 Å². The maximum atomic E-state index is 13.1. The van der Waals surface area contributed by atoms with Gasteiger partial charge in [-0.15, -0.1) is 0 Å². The summed E-state index contributed by atoms with van der Waals surface area (Å²) in [5.41, 5.74) is -1.70. The van der Waals surface area contributed by atoms with Crippen LogP contribution in [-0.4, -0.2) is 86.7 Å². The van der Waals surface area contributed by atoms with Crippen molar-refractivity contribution in [3.8, 4) is 17.6 Å². The van der Waals surface area contributed by atoms with Gasteiger partial charge in [-0.1, -0.05) is 13.3 Å². The average molecular weight is 643 g/mol. The Morgan fingerprint density at radius 3 is 1.72 bits per heavy atom. The average Bonchev–Trinajstić information content (AvgIpc) is 3.03. The first-order valence-electron chi connectivity index (χ1n) is 13.1. The van der Waals surface area contributed by atoms with Crippen LogP contribution in [0.1, 0.15) is 51.2 Å². The largest absolute Gasteiger partial charge is 0.479 e. The summed E-state index contributed by atoms with van der Waals surface area (Å²) in [7, 11) is 1.10. The van der Waals surface area contributed by atoms with Crippen molar-refractivity contribution >= 4 is 46.8 Å². The first-order chi connectivity index (χ1) is 21.9. The van der Waals surface area contributed by atoms with Crippen LogP contribution in [0.15, 0.2) is 36.4 Å². The molecule has 3 aromatic heterocycles. The summed E-state index contributed by atoms with van der Waals surface area (Å²) in [4.78, 5) is 82.5. The number of ether oxygens (including phenoxy) is 4. The number of unbranched alkanes of at least 4 members (excludes halogenated alkanes) is 1. The highest BCUT2D eigenvalue weighted by Crippen LogP contribution is 2.28. The third-order valence-corrected chi connectivity index (χ3v) is 5.52. The molecule has 4 N–H and O–H groups in total. The number of amides is 2. The molecule has 0 saturated carbocycles. The number of carboxylic acids is 2. The number of carbonyl (C=O) groups excluding carboxylic acids is 3. The molecule has 242 valence electrons. The van der Waals surface area contributed by atoms with E-state index < -0.39 is 65.3 Å². The Morgan fingerprint density at radius 2 is 1.24 bits per heavy atom. The maximum absolute atomic E-state index is 13.1. The lowest BCUT2D eigenvalue weighted by Crippen LogP contribution is -2.20. The van der Waals surface area contributed by atoms with Gasteiger partial charge in [0.2, 0.25) is 11.8 Å². The van der Waals surface area contributed by atoms with Crippen molar-refractivity contribution in [1.29, 1.82) is 0 Å². The number of nitro groups is 1. The lowest BCUT2D eigenvalue weighted by Gasteiger charge is -2.14. The molecule has 0 aliphatic rings. The van der Waals surface area contributed by atoms with E-state index in [2.05, 4.69) is 30.3 Å². The van der Waals surface area contributed by atoms with Crippen LogP contribution in [-0.2, 0) is 14.3 Å². The highest BCUT2D eigenvalue weighted by molar-refractivity contribution is 6.06. The minimum absolute atomic E-state index is 0.120. The molecule has 0 radical (unpaired) electrons. The number of aromatic nitrogens is 3. The van der Waals surface area contributed by atoms with E-state index in [1.54, 1.807) is 0 Å². The van der Waals surface area contributed by atoms with Crippen molar-refractivity contribution < 1.29 is 58.1 Å². The second-order valence-electron chi connectivity index (χ2n) is 8.84. The Hall–Kier alpha value is -6.40. The van der Waals surface area contributed by atoms with Crippen LogP contribution in [0.3, 0.4) is 0 Å². The molecule has 0 unspecified atom stereocenters. The number of hydrogen-bond donors (Lipinski definition) is 4. The van der Waals surface area contributed by atoms with Gasteiger partial charge < -0.3 is 39.8 Å². The Labute approximate surface area is 258 Å². The fourth-order valence-corrected chi connectivity index (χ4v) is 3.39. The summed E-state index contributed by atoms with van der Waals surface area (Å²) >= 11 is 0. The molecule has 0 fully saturated rings. The number of anilines is 2. The Balaban J connectivity index is 1.89. The Kier molecular flexibility index (Phi) is 11.8. The molecule has 2 amide bonds. The number of methoxy groups -OCH3 is 1. The molecule has 46 heavy (non-hydrogen) atoms. The summed E-state index contributed by atoms with van der Waals surface area (Å²) in [6, 6.07) is 6.79. The topological polar surface area (TPSA) is 269 Å². The minimum Gasteiger partial charge on any atom is -0.479 e. The van der Waals surface area contributed by atoms with Gasteiger partial charge in [0.15, 0.2) is 18.9 Å². The quantitative estimate of drug-likeness (QED) is 0.0754. The predicted molar refractivity (Wildman–Crippen MR) is 153 cm³/mol. The van der Waals surface area contributed by atoms with Crippen LogP contribution in [0.4, 0.5) is 17.1 Å². The first kappa shape index (κ1) is 34.1. The number of nitrogens with zero attached hydrogens (tertiary/aromatic N) is 4. The van der Waals surface area contributed by atoms with Crippen molar-refractivity contribution in [2.24, 2.45) is 0 Å². The lowest BCUT2D eigenvalue weighted by atomic mass is 10.2. The Bertz CT molecular complexity index is 1660. The molecule has 0 atom stereocenters. The van der Waals surface area contributed by atoms with Gasteiger partial charge in [-0.3, -0.25) is 19.7 Å². The number of rotatable bonds is 16. The van der Waals surface area contributed by atoms with Crippen molar-refractivity contribution in [2.75, 3.05) is 37.6 Å². The fourth-order valence-electron chi connectivity index (χ4n) is 3.39. The molecule has 0 aliphatic heterocycles. The number of hydrogen-bond acceptors (Lipinski definition) is 14. The zero-order valence-electron chi connectivity index (χ0n) is 24.2. The standard InChI is InChI=1S/C27H26N6O13/c1-3-4-11-44-26-19(33(41)42)10-9-15(31-26)23(39)28-16-6-5-14(30-24(16)45-12-20(34)35)22(38)29-17-7-8-18(27(40)43-2)32-25(17)46-13-21(36)37/h5-10H,3-4,11-13H2,1-2H3,(H,28,39)(H,29,38)(H,34,35)(H,36,37). The molecule has 19 heteroatoms. The molecule has 3 aromatic rings. The number of esters is 1. The van der Waals surface area contributed by atoms with Crippen LogP contribution in [0, 0.1) is 10.1 Å². The predicted octanol–water partition coefficient (Wildman–Crippen LogP) is 2.18. The number of carbonyl (C=O) groups is 5. The highest BCUT2D eigenvalue weighted by atomic mass is 16.6. The lowest BCUT2D eigenvalue weighted by molar-refractivity contribution is -0.386. The van der Waals surface area contributed by atoms with Crippen molar-refractivity contribution in [3.05, 3.63) is 63.6 Å². The van der Waals surface area contributed by atoms with E-state index >= 15 is 0 Å². The van der Waals surface area contributed by atoms with Gasteiger partial charge in [-0.25, -0.2) is 29.3 Å². The molecule has 0 aromatic carbocycles. The molecule has 0 saturated heterocycles. The van der Waals surface area contributed by atoms with Crippen LogP contribution in [0.2, 0.25) is 0 Å². The molecule has 3 heterocycles. The minimum atomic E-state index is -1.41. The third kappa shape index (κ3) is 9.30. The SMILES string of the molecule is CCCCOc1nc(C(=O)Nc2ccc(C(=O)Nc3ccc(C(=O)OC)nc3OCC(=O)O)nc2OCC(=O)O)ccc1[N+](=O)[O-]. The summed E-state index contributed by atoms with van der Waals surface area (Å²) in [5.74, 6) is -6.77. The van der Waals surface area contributed by atoms with Crippen molar-refractivity contribution in [3.63, 3.8) is 0 Å². The van der Waals surface area contributed by atoms with Crippen LogP contribution in [0.25, 0.3) is 0 Å². The summed E-state index contributed by atoms with van der Waals surface area (Å²) in [5, 5.41) is 34.2. The van der Waals surface area contributed by atoms with E-state index in [-0.39, 0.29) is 40.9 Å². The van der Waals surface area contributed by atoms with E-state index in [1.165, 1.54) is 18.2 Å². The highest BCUT2D eigenvalue weighted by Gasteiger charge is 2.23. The van der Waals surface area contributed by atoms with Gasteiger partial charge in [0.25, 0.3) is 17.7 Å². The third-order valence-electron chi connectivity index (χ3n) is 5.52. The molecule has 0 bridgehead atoms. The van der Waals surface area contributed by atoms with Crippen LogP contribution < -0.4 is 24.8 Å². The van der Waals surface area contributed by atoms with Crippen LogP contribution in [0.5, 0.6) is 17.6 Å². The molecular weight excluding hydrogens is 616 g/mol. The molecule has 3 rings (SSSR count). The number of pyridine rings is 3. The molecule has 0 spiro atoms. The number of aliphatic carboxylic acids is 2. The van der Waals surface area contributed by atoms with E-state index in [4.69, 9.17) is 24.4 Å². The summed E-state index contributed by atoms with van der Waals surface area (Å²) < 4.78 is 20.2. The zero-order chi connectivity index (χ0) is 33.8. The van der Waals surface area contributed by atoms with Gasteiger partial charge in [0.1, 0.15) is 22.8 Å². The zero-order valence-corrected chi connectivity index (χ0v) is 24.2. The van der Waals surface area contributed by atoms with E-state index in [1.807, 2.05) is 6.92 Å². The smallest absolute Gasteiger partial charge is 0.356 e. The van der Waals surface area contributed by atoms with Crippen molar-refractivity contribution in [1.82, 2.24) is 15.0 Å². The van der Waals surface area contributed by atoms with Gasteiger partial charge in [0, 0.05) is 6.07 Å². The van der Waals surface area contributed by atoms with E-state index in [0.29, 0.717) is 6.42 Å². The fraction of sp³-hybridized carbons (Fsp3) is 0.259. The maximum Gasteiger partial charge on any atom is 0.356 e. The monoisotopic (exact) mass is 642 g/mol. The molecule has 0 aliphatic carbocycles. The molecular formula is C27H26N6O13. The molecule has 19 nitrogen and oxygen atoms in total. The van der Waals surface area contributed by atoms with Gasteiger partial charge in [0.05, 0.1) is 18.6 Å². The second-order valence-corrected chi connectivity index (χ2v) is 8.84. The van der Waals surface area contributed by atoms with Gasteiger partial charge in [-0.2, -0.15) is 0 Å². The number of carboxylic acid groups (broad SMARTS) is 2. The number of nitrogens with one attached hydrogen (secondary N) is 2.